The molecule has 0 spiro atoms. The Labute approximate surface area is 125 Å². The van der Waals surface area contributed by atoms with Crippen LogP contribution in [0.4, 0.5) is 0 Å². The smallest absolute Gasteiger partial charge is 0.253 e. The van der Waals surface area contributed by atoms with Crippen molar-refractivity contribution in [3.63, 3.8) is 0 Å². The number of benzene rings is 1. The molecule has 1 aromatic carbocycles. The lowest BCUT2D eigenvalue weighted by atomic mass is 9.89. The van der Waals surface area contributed by atoms with E-state index in [1.807, 2.05) is 23.1 Å². The van der Waals surface area contributed by atoms with E-state index in [0.717, 1.165) is 48.4 Å². The summed E-state index contributed by atoms with van der Waals surface area (Å²) in [7, 11) is 0. The minimum atomic E-state index is 0.149. The maximum atomic E-state index is 12.7. The highest BCUT2D eigenvalue weighted by Crippen LogP contribution is 2.25. The van der Waals surface area contributed by atoms with E-state index in [4.69, 9.17) is 0 Å². The van der Waals surface area contributed by atoms with Gasteiger partial charge in [-0.15, -0.1) is 0 Å². The normalized spacial score (nSPS) is 20.0. The number of carbonyl (C=O) groups is 1. The van der Waals surface area contributed by atoms with Gasteiger partial charge in [0.15, 0.2) is 0 Å². The van der Waals surface area contributed by atoms with E-state index in [0.29, 0.717) is 5.92 Å². The predicted octanol–water partition coefficient (Wildman–Crippen LogP) is 3.46. The van der Waals surface area contributed by atoms with Crippen molar-refractivity contribution in [2.75, 3.05) is 13.1 Å². The Morgan fingerprint density at radius 3 is 3.00 bits per heavy atom. The van der Waals surface area contributed by atoms with Crippen LogP contribution in [-0.2, 0) is 0 Å². The molecule has 0 bridgehead atoms. The third kappa shape index (κ3) is 2.94. The summed E-state index contributed by atoms with van der Waals surface area (Å²) in [4.78, 5) is 22.0. The van der Waals surface area contributed by atoms with Crippen molar-refractivity contribution in [1.82, 2.24) is 14.9 Å². The standard InChI is InChI=1S/C17H23N3O/c1-12(2)13-4-3-8-20(9-7-13)17(21)14-5-6-15-16(10-14)19-11-18-15/h5-6,10-13H,3-4,7-9H2,1-2H3,(H,18,19). The second-order valence-corrected chi connectivity index (χ2v) is 6.36. The van der Waals surface area contributed by atoms with Crippen molar-refractivity contribution in [2.45, 2.75) is 33.1 Å². The van der Waals surface area contributed by atoms with E-state index >= 15 is 0 Å². The first-order chi connectivity index (χ1) is 10.1. The average Bonchev–Trinajstić information content (AvgIpc) is 2.80. The Balaban J connectivity index is 1.75. The maximum absolute atomic E-state index is 12.7. The van der Waals surface area contributed by atoms with Gasteiger partial charge in [0.25, 0.3) is 5.91 Å². The van der Waals surface area contributed by atoms with Gasteiger partial charge in [-0.3, -0.25) is 4.79 Å². The lowest BCUT2D eigenvalue weighted by Gasteiger charge is -2.21. The quantitative estimate of drug-likeness (QED) is 0.918. The van der Waals surface area contributed by atoms with Crippen molar-refractivity contribution in [2.24, 2.45) is 11.8 Å². The van der Waals surface area contributed by atoms with Crippen LogP contribution in [0, 0.1) is 11.8 Å². The van der Waals surface area contributed by atoms with Crippen LogP contribution in [0.1, 0.15) is 43.5 Å². The summed E-state index contributed by atoms with van der Waals surface area (Å²) in [5.41, 5.74) is 2.59. The number of hydrogen-bond donors (Lipinski definition) is 1. The highest BCUT2D eigenvalue weighted by molar-refractivity contribution is 5.97. The summed E-state index contributed by atoms with van der Waals surface area (Å²) < 4.78 is 0. The Hall–Kier alpha value is -1.84. The third-order valence-electron chi connectivity index (χ3n) is 4.67. The van der Waals surface area contributed by atoms with Gasteiger partial charge in [0, 0.05) is 18.7 Å². The predicted molar refractivity (Wildman–Crippen MR) is 84.2 cm³/mol. The van der Waals surface area contributed by atoms with Gasteiger partial charge in [-0.2, -0.15) is 0 Å². The van der Waals surface area contributed by atoms with Crippen LogP contribution in [0.15, 0.2) is 24.5 Å². The molecular weight excluding hydrogens is 262 g/mol. The zero-order chi connectivity index (χ0) is 14.8. The molecule has 1 atom stereocenters. The van der Waals surface area contributed by atoms with Gasteiger partial charge in [0.1, 0.15) is 0 Å². The molecule has 1 aromatic heterocycles. The lowest BCUT2D eigenvalue weighted by molar-refractivity contribution is 0.0759. The molecule has 1 N–H and O–H groups in total. The molecule has 4 heteroatoms. The van der Waals surface area contributed by atoms with Crippen LogP contribution in [0.25, 0.3) is 11.0 Å². The number of H-pyrrole nitrogens is 1. The second-order valence-electron chi connectivity index (χ2n) is 6.36. The van der Waals surface area contributed by atoms with E-state index in [1.54, 1.807) is 6.33 Å². The fourth-order valence-corrected chi connectivity index (χ4v) is 3.24. The summed E-state index contributed by atoms with van der Waals surface area (Å²) in [5.74, 6) is 1.61. The van der Waals surface area contributed by atoms with Crippen molar-refractivity contribution < 1.29 is 4.79 Å². The third-order valence-corrected chi connectivity index (χ3v) is 4.67. The van der Waals surface area contributed by atoms with Crippen LogP contribution in [-0.4, -0.2) is 33.9 Å². The number of aromatic amines is 1. The number of amides is 1. The average molecular weight is 285 g/mol. The first-order valence-electron chi connectivity index (χ1n) is 7.87. The maximum Gasteiger partial charge on any atom is 0.253 e. The van der Waals surface area contributed by atoms with E-state index in [9.17, 15) is 4.79 Å². The molecule has 3 rings (SSSR count). The van der Waals surface area contributed by atoms with Gasteiger partial charge in [0.2, 0.25) is 0 Å². The largest absolute Gasteiger partial charge is 0.345 e. The molecule has 1 saturated heterocycles. The molecule has 112 valence electrons. The number of likely N-dealkylation sites (tertiary alicyclic amines) is 1. The Morgan fingerprint density at radius 2 is 2.19 bits per heavy atom. The number of imidazole rings is 1. The van der Waals surface area contributed by atoms with E-state index in [1.165, 1.54) is 6.42 Å². The van der Waals surface area contributed by atoms with Crippen LogP contribution in [0.5, 0.6) is 0 Å². The van der Waals surface area contributed by atoms with Crippen molar-refractivity contribution in [3.8, 4) is 0 Å². The number of nitrogens with one attached hydrogen (secondary N) is 1. The Bertz CT molecular complexity index is 632. The molecule has 21 heavy (non-hydrogen) atoms. The molecule has 2 aromatic rings. The summed E-state index contributed by atoms with van der Waals surface area (Å²) in [6.45, 7) is 6.33. The highest BCUT2D eigenvalue weighted by Gasteiger charge is 2.23. The summed E-state index contributed by atoms with van der Waals surface area (Å²) >= 11 is 0. The first kappa shape index (κ1) is 14.1. The van der Waals surface area contributed by atoms with Gasteiger partial charge < -0.3 is 9.88 Å². The van der Waals surface area contributed by atoms with Crippen LogP contribution < -0.4 is 0 Å². The number of hydrogen-bond acceptors (Lipinski definition) is 2. The zero-order valence-electron chi connectivity index (χ0n) is 12.8. The molecule has 0 radical (unpaired) electrons. The lowest BCUT2D eigenvalue weighted by Crippen LogP contribution is -2.32. The fourth-order valence-electron chi connectivity index (χ4n) is 3.24. The molecular formula is C17H23N3O. The SMILES string of the molecule is CC(C)C1CCCN(C(=O)c2ccc3nc[nH]c3c2)CC1. The Morgan fingerprint density at radius 1 is 1.33 bits per heavy atom. The zero-order valence-corrected chi connectivity index (χ0v) is 12.8. The fraction of sp³-hybridized carbons (Fsp3) is 0.529. The summed E-state index contributed by atoms with van der Waals surface area (Å²) in [5, 5.41) is 0. The molecule has 1 fully saturated rings. The van der Waals surface area contributed by atoms with Crippen LogP contribution in [0.2, 0.25) is 0 Å². The van der Waals surface area contributed by atoms with E-state index in [-0.39, 0.29) is 5.91 Å². The molecule has 4 nitrogen and oxygen atoms in total. The minimum absolute atomic E-state index is 0.149. The molecule has 1 amide bonds. The van der Waals surface area contributed by atoms with Gasteiger partial charge in [-0.25, -0.2) is 4.98 Å². The van der Waals surface area contributed by atoms with Gasteiger partial charge in [-0.05, 0) is 49.3 Å². The molecule has 1 aliphatic heterocycles. The second kappa shape index (κ2) is 5.88. The summed E-state index contributed by atoms with van der Waals surface area (Å²) in [6.07, 6.45) is 5.13. The first-order valence-corrected chi connectivity index (χ1v) is 7.87. The van der Waals surface area contributed by atoms with Gasteiger partial charge in [0.05, 0.1) is 17.4 Å². The van der Waals surface area contributed by atoms with E-state index in [2.05, 4.69) is 23.8 Å². The number of nitrogens with zero attached hydrogens (tertiary/aromatic N) is 2. The highest BCUT2D eigenvalue weighted by atomic mass is 16.2. The van der Waals surface area contributed by atoms with Crippen LogP contribution in [0.3, 0.4) is 0 Å². The molecule has 1 unspecified atom stereocenters. The monoisotopic (exact) mass is 285 g/mol. The minimum Gasteiger partial charge on any atom is -0.345 e. The Kier molecular flexibility index (Phi) is 3.95. The molecule has 1 aliphatic rings. The van der Waals surface area contributed by atoms with Gasteiger partial charge in [-0.1, -0.05) is 13.8 Å². The number of rotatable bonds is 2. The number of fused-ring (bicyclic) bond motifs is 1. The van der Waals surface area contributed by atoms with Crippen molar-refractivity contribution >= 4 is 16.9 Å². The van der Waals surface area contributed by atoms with Gasteiger partial charge >= 0.3 is 0 Å². The van der Waals surface area contributed by atoms with E-state index < -0.39 is 0 Å². The van der Waals surface area contributed by atoms with Crippen molar-refractivity contribution in [3.05, 3.63) is 30.1 Å². The summed E-state index contributed by atoms with van der Waals surface area (Å²) in [6, 6.07) is 5.71. The van der Waals surface area contributed by atoms with Crippen LogP contribution >= 0.6 is 0 Å². The molecule has 0 saturated carbocycles. The van der Waals surface area contributed by atoms with Crippen molar-refractivity contribution in [1.29, 1.82) is 0 Å². The molecule has 2 heterocycles. The number of carbonyl (C=O) groups excluding carboxylic acids is 1. The topological polar surface area (TPSA) is 49.0 Å². The number of aromatic nitrogens is 2. The molecule has 0 aliphatic carbocycles.